The van der Waals surface area contributed by atoms with E-state index in [2.05, 4.69) is 0 Å². The Hall–Kier alpha value is -1.85. The molecule has 0 atom stereocenters. The zero-order chi connectivity index (χ0) is 14.7. The Morgan fingerprint density at radius 2 is 2.05 bits per heavy atom. The molecule has 20 heavy (non-hydrogen) atoms. The van der Waals surface area contributed by atoms with E-state index in [1.165, 1.54) is 30.3 Å². The lowest BCUT2D eigenvalue weighted by Gasteiger charge is -2.09. The summed E-state index contributed by atoms with van der Waals surface area (Å²) in [6.07, 6.45) is 0. The van der Waals surface area contributed by atoms with Crippen molar-refractivity contribution in [3.05, 3.63) is 62.9 Å². The van der Waals surface area contributed by atoms with Gasteiger partial charge in [-0.05, 0) is 23.8 Å². The third-order valence-corrected chi connectivity index (χ3v) is 3.11. The molecule has 0 N–H and O–H groups in total. The van der Waals surface area contributed by atoms with Crippen LogP contribution in [0.2, 0.25) is 5.02 Å². The minimum absolute atomic E-state index is 0.0278. The molecule has 104 valence electrons. The van der Waals surface area contributed by atoms with Gasteiger partial charge in [0.2, 0.25) is 5.75 Å². The fourth-order valence-electron chi connectivity index (χ4n) is 1.56. The van der Waals surface area contributed by atoms with Crippen LogP contribution in [0.25, 0.3) is 0 Å². The van der Waals surface area contributed by atoms with Crippen molar-refractivity contribution in [2.45, 2.75) is 5.88 Å². The predicted molar refractivity (Wildman–Crippen MR) is 74.1 cm³/mol. The van der Waals surface area contributed by atoms with E-state index in [1.54, 1.807) is 6.07 Å². The van der Waals surface area contributed by atoms with Crippen LogP contribution in [0.15, 0.2) is 36.4 Å². The molecule has 0 heterocycles. The fourth-order valence-corrected chi connectivity index (χ4v) is 1.94. The molecular weight excluding hydrogens is 308 g/mol. The van der Waals surface area contributed by atoms with Crippen LogP contribution in [0.1, 0.15) is 5.56 Å². The third kappa shape index (κ3) is 3.00. The smallest absolute Gasteiger partial charge is 0.313 e. The zero-order valence-electron chi connectivity index (χ0n) is 9.98. The first kappa shape index (κ1) is 14.6. The molecule has 0 spiro atoms. The molecule has 0 unspecified atom stereocenters. The molecule has 0 fully saturated rings. The molecule has 0 radical (unpaired) electrons. The number of rotatable bonds is 4. The Bertz CT molecular complexity index is 664. The Balaban J connectivity index is 2.42. The Kier molecular flexibility index (Phi) is 4.42. The van der Waals surface area contributed by atoms with E-state index >= 15 is 0 Å². The highest BCUT2D eigenvalue weighted by Gasteiger charge is 2.20. The second kappa shape index (κ2) is 6.07. The van der Waals surface area contributed by atoms with Crippen molar-refractivity contribution < 1.29 is 14.1 Å². The van der Waals surface area contributed by atoms with Gasteiger partial charge in [-0.2, -0.15) is 0 Å². The third-order valence-electron chi connectivity index (χ3n) is 2.51. The van der Waals surface area contributed by atoms with Gasteiger partial charge in [-0.3, -0.25) is 10.1 Å². The first-order valence-electron chi connectivity index (χ1n) is 5.48. The summed E-state index contributed by atoms with van der Waals surface area (Å²) in [5.41, 5.74) is 0.239. The second-order valence-corrected chi connectivity index (χ2v) is 4.52. The van der Waals surface area contributed by atoms with E-state index in [1.807, 2.05) is 0 Å². The molecule has 0 amide bonds. The molecule has 0 bridgehead atoms. The number of alkyl halides is 1. The first-order chi connectivity index (χ1) is 9.52. The summed E-state index contributed by atoms with van der Waals surface area (Å²) in [5, 5.41) is 10.9. The van der Waals surface area contributed by atoms with Crippen molar-refractivity contribution in [3.63, 3.8) is 0 Å². The number of nitro benzene ring substituents is 1. The van der Waals surface area contributed by atoms with Crippen molar-refractivity contribution in [3.8, 4) is 11.5 Å². The van der Waals surface area contributed by atoms with Crippen molar-refractivity contribution in [1.82, 2.24) is 0 Å². The lowest BCUT2D eigenvalue weighted by Crippen LogP contribution is -1.96. The zero-order valence-corrected chi connectivity index (χ0v) is 11.5. The maximum atomic E-state index is 13.8. The summed E-state index contributed by atoms with van der Waals surface area (Å²) in [4.78, 5) is 10.3. The normalized spacial score (nSPS) is 10.3. The highest BCUT2D eigenvalue weighted by molar-refractivity contribution is 6.32. The molecule has 0 aliphatic rings. The number of para-hydroxylation sites is 1. The van der Waals surface area contributed by atoms with Gasteiger partial charge < -0.3 is 4.74 Å². The highest BCUT2D eigenvalue weighted by Crippen LogP contribution is 2.38. The van der Waals surface area contributed by atoms with Crippen LogP contribution in [0.4, 0.5) is 10.1 Å². The maximum absolute atomic E-state index is 13.8. The molecule has 0 saturated carbocycles. The van der Waals surface area contributed by atoms with Crippen LogP contribution < -0.4 is 4.74 Å². The Labute approximate surface area is 123 Å². The quantitative estimate of drug-likeness (QED) is 0.457. The average molecular weight is 316 g/mol. The van der Waals surface area contributed by atoms with E-state index in [0.29, 0.717) is 5.56 Å². The monoisotopic (exact) mass is 315 g/mol. The van der Waals surface area contributed by atoms with Gasteiger partial charge in [0.15, 0.2) is 11.6 Å². The summed E-state index contributed by atoms with van der Waals surface area (Å²) in [6, 6.07) is 8.18. The molecule has 0 saturated heterocycles. The lowest BCUT2D eigenvalue weighted by atomic mass is 10.2. The largest absolute Gasteiger partial charge is 0.445 e. The molecule has 0 aromatic heterocycles. The van der Waals surface area contributed by atoms with Crippen molar-refractivity contribution in [2.75, 3.05) is 0 Å². The summed E-state index contributed by atoms with van der Waals surface area (Å²) in [7, 11) is 0. The molecule has 0 aliphatic heterocycles. The predicted octanol–water partition coefficient (Wildman–Crippen LogP) is 4.92. The van der Waals surface area contributed by atoms with Gasteiger partial charge in [0.1, 0.15) is 0 Å². The minimum atomic E-state index is -0.669. The molecule has 2 aromatic rings. The van der Waals surface area contributed by atoms with E-state index in [4.69, 9.17) is 27.9 Å². The van der Waals surface area contributed by atoms with Crippen LogP contribution in [-0.2, 0) is 5.88 Å². The first-order valence-corrected chi connectivity index (χ1v) is 6.39. The SMILES string of the molecule is O=[N+]([O-])c1cccc(Cl)c1Oc1ccc(CCl)cc1F. The van der Waals surface area contributed by atoms with E-state index in [9.17, 15) is 14.5 Å². The van der Waals surface area contributed by atoms with Crippen LogP contribution in [0.5, 0.6) is 11.5 Å². The van der Waals surface area contributed by atoms with Crippen molar-refractivity contribution in [1.29, 1.82) is 0 Å². The van der Waals surface area contributed by atoms with E-state index < -0.39 is 10.7 Å². The molecular formula is C13H8Cl2FNO3. The summed E-state index contributed by atoms with van der Waals surface area (Å²) in [6.45, 7) is 0. The fraction of sp³-hybridized carbons (Fsp3) is 0.0769. The average Bonchev–Trinajstić information content (AvgIpc) is 2.42. The van der Waals surface area contributed by atoms with Crippen LogP contribution in [0.3, 0.4) is 0 Å². The number of nitro groups is 1. The number of hydrogen-bond acceptors (Lipinski definition) is 3. The summed E-state index contributed by atoms with van der Waals surface area (Å²) < 4.78 is 19.0. The van der Waals surface area contributed by atoms with Gasteiger partial charge in [0.05, 0.1) is 9.95 Å². The molecule has 2 aromatic carbocycles. The molecule has 7 heteroatoms. The molecule has 2 rings (SSSR count). The van der Waals surface area contributed by atoms with Gasteiger partial charge in [-0.1, -0.05) is 23.7 Å². The maximum Gasteiger partial charge on any atom is 0.313 e. The number of benzene rings is 2. The Morgan fingerprint density at radius 3 is 2.65 bits per heavy atom. The lowest BCUT2D eigenvalue weighted by molar-refractivity contribution is -0.385. The van der Waals surface area contributed by atoms with Crippen LogP contribution >= 0.6 is 23.2 Å². The second-order valence-electron chi connectivity index (χ2n) is 3.85. The molecule has 4 nitrogen and oxygen atoms in total. The summed E-state index contributed by atoms with van der Waals surface area (Å²) in [5.74, 6) is -0.868. The van der Waals surface area contributed by atoms with Gasteiger partial charge in [-0.15, -0.1) is 11.6 Å². The highest BCUT2D eigenvalue weighted by atomic mass is 35.5. The van der Waals surface area contributed by atoms with Gasteiger partial charge >= 0.3 is 5.69 Å². The number of hydrogen-bond donors (Lipinski definition) is 0. The topological polar surface area (TPSA) is 52.4 Å². The van der Waals surface area contributed by atoms with Crippen molar-refractivity contribution in [2.24, 2.45) is 0 Å². The van der Waals surface area contributed by atoms with Gasteiger partial charge in [-0.25, -0.2) is 4.39 Å². The number of nitrogens with zero attached hydrogens (tertiary/aromatic N) is 1. The molecule has 0 aliphatic carbocycles. The van der Waals surface area contributed by atoms with Crippen molar-refractivity contribution >= 4 is 28.9 Å². The Morgan fingerprint density at radius 1 is 1.30 bits per heavy atom. The number of ether oxygens (including phenoxy) is 1. The van der Waals surface area contributed by atoms with Crippen LogP contribution in [-0.4, -0.2) is 4.92 Å². The summed E-state index contributed by atoms with van der Waals surface area (Å²) >= 11 is 11.4. The van der Waals surface area contributed by atoms with Gasteiger partial charge in [0.25, 0.3) is 0 Å². The van der Waals surface area contributed by atoms with Gasteiger partial charge in [0, 0.05) is 11.9 Å². The standard InChI is InChI=1S/C13H8Cl2FNO3/c14-7-8-4-5-12(10(16)6-8)20-13-9(15)2-1-3-11(13)17(18)19/h1-6H,7H2. The number of halogens is 3. The van der Waals surface area contributed by atoms with Crippen LogP contribution in [0, 0.1) is 15.9 Å². The van der Waals surface area contributed by atoms with E-state index in [-0.39, 0.29) is 28.1 Å². The van der Waals surface area contributed by atoms with E-state index in [0.717, 1.165) is 0 Å². The minimum Gasteiger partial charge on any atom is -0.445 e.